The van der Waals surface area contributed by atoms with Crippen molar-refractivity contribution >= 4 is 0 Å². The molecule has 1 aromatic rings. The fourth-order valence-electron chi connectivity index (χ4n) is 1.20. The first-order chi connectivity index (χ1) is 6.36. The maximum Gasteiger partial charge on any atom is 0.0638 e. The highest BCUT2D eigenvalue weighted by atomic mass is 14.9. The van der Waals surface area contributed by atoms with Crippen LogP contribution in [0.4, 0.5) is 0 Å². The molecule has 0 fully saturated rings. The van der Waals surface area contributed by atoms with E-state index in [9.17, 15) is 0 Å². The molecule has 0 aromatic carbocycles. The number of aromatic nitrogens is 1. The molecular weight excluding hydrogens is 162 g/mol. The van der Waals surface area contributed by atoms with Gasteiger partial charge in [0.15, 0.2) is 0 Å². The molecule has 0 amide bonds. The predicted octanol–water partition coefficient (Wildman–Crippen LogP) is 1.80. The molecule has 2 N–H and O–H groups in total. The number of hydrogen-bond acceptors (Lipinski definition) is 2. The Labute approximate surface area is 78.8 Å². The second-order valence-electron chi connectivity index (χ2n) is 3.07. The van der Waals surface area contributed by atoms with Crippen molar-refractivity contribution in [3.05, 3.63) is 24.0 Å². The predicted molar refractivity (Wildman–Crippen MR) is 51.9 cm³/mol. The molecule has 0 saturated carbocycles. The molecule has 3 nitrogen and oxygen atoms in total. The topological polar surface area (TPSA) is 51.6 Å². The Morgan fingerprint density at radius 3 is 3.08 bits per heavy atom. The van der Waals surface area contributed by atoms with Gasteiger partial charge in [-0.2, -0.15) is 5.26 Å². The molecule has 0 spiro atoms. The zero-order valence-corrected chi connectivity index (χ0v) is 7.88. The van der Waals surface area contributed by atoms with Gasteiger partial charge in [0.25, 0.3) is 0 Å². The van der Waals surface area contributed by atoms with E-state index in [1.807, 2.05) is 18.5 Å². The standard InChI is InChI=1S/C10H15N3/c1-2-10(3-5-11)13-8-9-4-6-12-7-9/h4,6-7,10,12-13H,2-3,8H2,1H3. The van der Waals surface area contributed by atoms with Crippen LogP contribution in [0.3, 0.4) is 0 Å². The van der Waals surface area contributed by atoms with Gasteiger partial charge in [0, 0.05) is 25.0 Å². The van der Waals surface area contributed by atoms with Gasteiger partial charge in [0.2, 0.25) is 0 Å². The van der Waals surface area contributed by atoms with Crippen LogP contribution in [-0.4, -0.2) is 11.0 Å². The highest BCUT2D eigenvalue weighted by Gasteiger charge is 2.03. The fourth-order valence-corrected chi connectivity index (χ4v) is 1.20. The molecule has 0 bridgehead atoms. The van der Waals surface area contributed by atoms with Gasteiger partial charge in [0.05, 0.1) is 12.5 Å². The third kappa shape index (κ3) is 3.30. The lowest BCUT2D eigenvalue weighted by molar-refractivity contribution is 0.505. The van der Waals surface area contributed by atoms with Crippen LogP contribution in [-0.2, 0) is 6.54 Å². The molecule has 0 aliphatic carbocycles. The number of hydrogen-bond donors (Lipinski definition) is 2. The first kappa shape index (κ1) is 9.82. The van der Waals surface area contributed by atoms with Gasteiger partial charge < -0.3 is 10.3 Å². The maximum absolute atomic E-state index is 8.53. The molecule has 0 aliphatic heterocycles. The SMILES string of the molecule is CCC(CC#N)NCc1cc[nH]c1. The van der Waals surface area contributed by atoms with E-state index in [-0.39, 0.29) is 0 Å². The summed E-state index contributed by atoms with van der Waals surface area (Å²) in [6.45, 7) is 2.93. The second-order valence-corrected chi connectivity index (χ2v) is 3.07. The molecule has 1 heterocycles. The fraction of sp³-hybridized carbons (Fsp3) is 0.500. The van der Waals surface area contributed by atoms with Gasteiger partial charge in [-0.25, -0.2) is 0 Å². The van der Waals surface area contributed by atoms with Crippen molar-refractivity contribution in [2.75, 3.05) is 0 Å². The number of nitrogens with zero attached hydrogens (tertiary/aromatic N) is 1. The van der Waals surface area contributed by atoms with Crippen molar-refractivity contribution in [3.8, 4) is 6.07 Å². The van der Waals surface area contributed by atoms with Gasteiger partial charge in [-0.05, 0) is 18.1 Å². The zero-order chi connectivity index (χ0) is 9.52. The van der Waals surface area contributed by atoms with E-state index in [4.69, 9.17) is 5.26 Å². The summed E-state index contributed by atoms with van der Waals surface area (Å²) in [4.78, 5) is 3.00. The monoisotopic (exact) mass is 177 g/mol. The van der Waals surface area contributed by atoms with Crippen LogP contribution in [0.2, 0.25) is 0 Å². The van der Waals surface area contributed by atoms with Crippen molar-refractivity contribution < 1.29 is 0 Å². The molecule has 1 unspecified atom stereocenters. The van der Waals surface area contributed by atoms with Crippen molar-refractivity contribution in [2.45, 2.75) is 32.4 Å². The first-order valence-electron chi connectivity index (χ1n) is 4.58. The Morgan fingerprint density at radius 1 is 1.69 bits per heavy atom. The van der Waals surface area contributed by atoms with Crippen LogP contribution in [0.25, 0.3) is 0 Å². The summed E-state index contributed by atoms with van der Waals surface area (Å²) in [5, 5.41) is 11.9. The van der Waals surface area contributed by atoms with Crippen LogP contribution < -0.4 is 5.32 Å². The summed E-state index contributed by atoms with van der Waals surface area (Å²) >= 11 is 0. The van der Waals surface area contributed by atoms with E-state index in [1.165, 1.54) is 5.56 Å². The van der Waals surface area contributed by atoms with Crippen LogP contribution in [0.15, 0.2) is 18.5 Å². The van der Waals surface area contributed by atoms with E-state index in [2.05, 4.69) is 23.3 Å². The second kappa shape index (κ2) is 5.39. The highest BCUT2D eigenvalue weighted by molar-refractivity contribution is 5.07. The van der Waals surface area contributed by atoms with Gasteiger partial charge in [0.1, 0.15) is 0 Å². The van der Waals surface area contributed by atoms with Crippen LogP contribution >= 0.6 is 0 Å². The maximum atomic E-state index is 8.53. The Balaban J connectivity index is 2.28. The molecule has 0 radical (unpaired) electrons. The Morgan fingerprint density at radius 2 is 2.54 bits per heavy atom. The van der Waals surface area contributed by atoms with Gasteiger partial charge in [-0.3, -0.25) is 0 Å². The number of nitriles is 1. The zero-order valence-electron chi connectivity index (χ0n) is 7.88. The van der Waals surface area contributed by atoms with E-state index < -0.39 is 0 Å². The third-order valence-electron chi connectivity index (χ3n) is 2.09. The molecule has 13 heavy (non-hydrogen) atoms. The minimum Gasteiger partial charge on any atom is -0.367 e. The normalized spacial score (nSPS) is 12.3. The quantitative estimate of drug-likeness (QED) is 0.720. The summed E-state index contributed by atoms with van der Waals surface area (Å²) < 4.78 is 0. The molecule has 1 aromatic heterocycles. The lowest BCUT2D eigenvalue weighted by Crippen LogP contribution is -2.27. The van der Waals surface area contributed by atoms with Crippen molar-refractivity contribution in [1.82, 2.24) is 10.3 Å². The van der Waals surface area contributed by atoms with Crippen LogP contribution in [0.1, 0.15) is 25.3 Å². The minimum absolute atomic E-state index is 0.319. The number of aromatic amines is 1. The van der Waals surface area contributed by atoms with Crippen molar-refractivity contribution in [1.29, 1.82) is 5.26 Å². The highest BCUT2D eigenvalue weighted by Crippen LogP contribution is 2.00. The number of H-pyrrole nitrogens is 1. The Kier molecular flexibility index (Phi) is 4.07. The summed E-state index contributed by atoms with van der Waals surface area (Å²) in [6.07, 6.45) is 5.45. The Bertz CT molecular complexity index is 258. The van der Waals surface area contributed by atoms with Gasteiger partial charge in [-0.1, -0.05) is 6.92 Å². The Hall–Kier alpha value is -1.27. The van der Waals surface area contributed by atoms with Crippen LogP contribution in [0.5, 0.6) is 0 Å². The molecule has 3 heteroatoms. The largest absolute Gasteiger partial charge is 0.367 e. The average Bonchev–Trinajstić information content (AvgIpc) is 2.64. The first-order valence-corrected chi connectivity index (χ1v) is 4.58. The van der Waals surface area contributed by atoms with Crippen molar-refractivity contribution in [2.24, 2.45) is 0 Å². The minimum atomic E-state index is 0.319. The molecule has 1 rings (SSSR count). The molecule has 1 atom stereocenters. The number of nitrogens with one attached hydrogen (secondary N) is 2. The van der Waals surface area contributed by atoms with Crippen molar-refractivity contribution in [3.63, 3.8) is 0 Å². The lowest BCUT2D eigenvalue weighted by atomic mass is 10.1. The molecule has 0 saturated heterocycles. The average molecular weight is 177 g/mol. The summed E-state index contributed by atoms with van der Waals surface area (Å²) in [5.41, 5.74) is 1.23. The van der Waals surface area contributed by atoms with E-state index in [1.54, 1.807) is 0 Å². The summed E-state index contributed by atoms with van der Waals surface area (Å²) in [6, 6.07) is 4.53. The number of rotatable bonds is 5. The van der Waals surface area contributed by atoms with E-state index in [0.717, 1.165) is 13.0 Å². The molecule has 70 valence electrons. The molecule has 0 aliphatic rings. The molecular formula is C10H15N3. The van der Waals surface area contributed by atoms with E-state index >= 15 is 0 Å². The van der Waals surface area contributed by atoms with E-state index in [0.29, 0.717) is 12.5 Å². The summed E-state index contributed by atoms with van der Waals surface area (Å²) in [7, 11) is 0. The van der Waals surface area contributed by atoms with Gasteiger partial charge in [-0.15, -0.1) is 0 Å². The third-order valence-corrected chi connectivity index (χ3v) is 2.09. The van der Waals surface area contributed by atoms with Crippen LogP contribution in [0, 0.1) is 11.3 Å². The smallest absolute Gasteiger partial charge is 0.0638 e. The van der Waals surface area contributed by atoms with Gasteiger partial charge >= 0.3 is 0 Å². The lowest BCUT2D eigenvalue weighted by Gasteiger charge is -2.12. The summed E-state index contributed by atoms with van der Waals surface area (Å²) in [5.74, 6) is 0.